The van der Waals surface area contributed by atoms with Gasteiger partial charge in [-0.1, -0.05) is 15.9 Å². The number of halogens is 1. The molecule has 0 aromatic heterocycles. The van der Waals surface area contributed by atoms with Crippen molar-refractivity contribution in [3.63, 3.8) is 0 Å². The van der Waals surface area contributed by atoms with Crippen LogP contribution in [-0.2, 0) is 9.53 Å². The summed E-state index contributed by atoms with van der Waals surface area (Å²) >= 11 is 3.25. The molecule has 0 bridgehead atoms. The van der Waals surface area contributed by atoms with Gasteiger partial charge in [0.05, 0.1) is 12.2 Å². The molecule has 18 heavy (non-hydrogen) atoms. The van der Waals surface area contributed by atoms with Crippen molar-refractivity contribution in [3.8, 4) is 0 Å². The summed E-state index contributed by atoms with van der Waals surface area (Å²) in [5, 5.41) is 0. The third kappa shape index (κ3) is 5.18. The third-order valence-corrected chi connectivity index (χ3v) is 2.66. The van der Waals surface area contributed by atoms with Crippen LogP contribution in [-0.4, -0.2) is 18.5 Å². The Kier molecular flexibility index (Phi) is 5.64. The van der Waals surface area contributed by atoms with Crippen LogP contribution in [0.2, 0.25) is 0 Å². The number of rotatable bonds is 6. The molecule has 1 aromatic carbocycles. The number of anilines is 1. The maximum atomic E-state index is 11.7. The molecule has 0 aliphatic heterocycles. The molecule has 0 saturated carbocycles. The molecule has 1 amide bonds. The molecule has 1 aromatic rings. The average Bonchev–Trinajstić information content (AvgIpc) is 2.26. The van der Waals surface area contributed by atoms with E-state index in [2.05, 4.69) is 15.9 Å². The molecule has 0 aliphatic carbocycles. The molecule has 0 heterocycles. The van der Waals surface area contributed by atoms with Crippen LogP contribution in [0.5, 0.6) is 0 Å². The average molecular weight is 315 g/mol. The molecule has 0 spiro atoms. The van der Waals surface area contributed by atoms with E-state index in [1.54, 1.807) is 18.2 Å². The molecule has 0 radical (unpaired) electrons. The highest BCUT2D eigenvalue weighted by molar-refractivity contribution is 9.10. The number of esters is 1. The molecule has 0 fully saturated rings. The highest BCUT2D eigenvalue weighted by Gasteiger charge is 2.08. The van der Waals surface area contributed by atoms with Gasteiger partial charge in [0.2, 0.25) is 5.91 Å². The van der Waals surface area contributed by atoms with Gasteiger partial charge in [-0.05, 0) is 31.0 Å². The van der Waals surface area contributed by atoms with E-state index in [9.17, 15) is 9.59 Å². The van der Waals surface area contributed by atoms with E-state index in [1.165, 1.54) is 0 Å². The number of nitrogen functional groups attached to an aromatic ring is 1. The highest BCUT2D eigenvalue weighted by Crippen LogP contribution is 2.18. The number of nitrogens with two attached hydrogens (primary N) is 2. The Bertz CT molecular complexity index is 429. The van der Waals surface area contributed by atoms with Gasteiger partial charge in [-0.2, -0.15) is 0 Å². The number of amides is 1. The van der Waals surface area contributed by atoms with Crippen LogP contribution in [0.4, 0.5) is 5.69 Å². The largest absolute Gasteiger partial charge is 0.462 e. The summed E-state index contributed by atoms with van der Waals surface area (Å²) in [7, 11) is 0. The second-order valence-corrected chi connectivity index (χ2v) is 4.75. The minimum atomic E-state index is -0.429. The lowest BCUT2D eigenvalue weighted by Gasteiger charge is -2.05. The van der Waals surface area contributed by atoms with Gasteiger partial charge in [-0.15, -0.1) is 0 Å². The monoisotopic (exact) mass is 314 g/mol. The van der Waals surface area contributed by atoms with Crippen LogP contribution in [0, 0.1) is 0 Å². The number of carbonyl (C=O) groups is 2. The standard InChI is InChI=1S/C12H15BrN2O3/c13-9-5-8(6-10(14)7-9)12(17)18-4-2-1-3-11(15)16/h5-7H,1-4,14H2,(H2,15,16). The lowest BCUT2D eigenvalue weighted by molar-refractivity contribution is -0.118. The second-order valence-electron chi connectivity index (χ2n) is 3.83. The van der Waals surface area contributed by atoms with E-state index in [-0.39, 0.29) is 12.5 Å². The first kappa shape index (κ1) is 14.5. The van der Waals surface area contributed by atoms with E-state index in [0.717, 1.165) is 4.47 Å². The van der Waals surface area contributed by atoms with Crippen molar-refractivity contribution in [2.75, 3.05) is 12.3 Å². The molecule has 4 N–H and O–H groups in total. The topological polar surface area (TPSA) is 95.4 Å². The van der Waals surface area contributed by atoms with E-state index in [0.29, 0.717) is 30.5 Å². The van der Waals surface area contributed by atoms with Gasteiger partial charge >= 0.3 is 5.97 Å². The summed E-state index contributed by atoms with van der Waals surface area (Å²) in [5.74, 6) is -0.775. The predicted octanol–water partition coefficient (Wildman–Crippen LogP) is 1.84. The zero-order valence-corrected chi connectivity index (χ0v) is 11.4. The van der Waals surface area contributed by atoms with Crippen LogP contribution in [0.15, 0.2) is 22.7 Å². The number of primary amides is 1. The van der Waals surface area contributed by atoms with Gasteiger partial charge in [0.15, 0.2) is 0 Å². The van der Waals surface area contributed by atoms with Crippen molar-refractivity contribution in [3.05, 3.63) is 28.2 Å². The summed E-state index contributed by atoms with van der Waals surface area (Å²) in [4.78, 5) is 22.1. The molecule has 0 unspecified atom stereocenters. The van der Waals surface area contributed by atoms with Crippen LogP contribution >= 0.6 is 15.9 Å². The smallest absolute Gasteiger partial charge is 0.338 e. The molecule has 6 heteroatoms. The molecule has 0 saturated heterocycles. The van der Waals surface area contributed by atoms with E-state index >= 15 is 0 Å². The van der Waals surface area contributed by atoms with Gasteiger partial charge in [-0.3, -0.25) is 4.79 Å². The molecule has 98 valence electrons. The Morgan fingerprint density at radius 3 is 2.56 bits per heavy atom. The number of ether oxygens (including phenoxy) is 1. The predicted molar refractivity (Wildman–Crippen MR) is 71.9 cm³/mol. The maximum absolute atomic E-state index is 11.7. The van der Waals surface area contributed by atoms with Gasteiger partial charge in [0.25, 0.3) is 0 Å². The van der Waals surface area contributed by atoms with Crippen LogP contribution in [0.25, 0.3) is 0 Å². The first-order valence-electron chi connectivity index (χ1n) is 5.50. The van der Waals surface area contributed by atoms with Gasteiger partial charge in [-0.25, -0.2) is 4.79 Å². The zero-order valence-electron chi connectivity index (χ0n) is 9.82. The van der Waals surface area contributed by atoms with Gasteiger partial charge in [0.1, 0.15) is 0 Å². The fourth-order valence-corrected chi connectivity index (χ4v) is 1.89. The molecule has 1 rings (SSSR count). The van der Waals surface area contributed by atoms with Gasteiger partial charge in [0, 0.05) is 16.6 Å². The first-order valence-corrected chi connectivity index (χ1v) is 6.30. The lowest BCUT2D eigenvalue weighted by Crippen LogP contribution is -2.11. The fraction of sp³-hybridized carbons (Fsp3) is 0.333. The van der Waals surface area contributed by atoms with Crippen LogP contribution in [0.3, 0.4) is 0 Å². The number of hydrogen-bond acceptors (Lipinski definition) is 4. The summed E-state index contributed by atoms with van der Waals surface area (Å²) in [5.41, 5.74) is 11.5. The van der Waals surface area contributed by atoms with Crippen molar-refractivity contribution in [1.29, 1.82) is 0 Å². The number of hydrogen-bond donors (Lipinski definition) is 2. The second kappa shape index (κ2) is 7.00. The molecule has 0 aliphatic rings. The quantitative estimate of drug-likeness (QED) is 0.476. The van der Waals surface area contributed by atoms with E-state index in [4.69, 9.17) is 16.2 Å². The van der Waals surface area contributed by atoms with Crippen molar-refractivity contribution in [2.45, 2.75) is 19.3 Å². The molecular weight excluding hydrogens is 300 g/mol. The number of benzene rings is 1. The van der Waals surface area contributed by atoms with Gasteiger partial charge < -0.3 is 16.2 Å². The Hall–Kier alpha value is -1.56. The van der Waals surface area contributed by atoms with Crippen molar-refractivity contribution < 1.29 is 14.3 Å². The third-order valence-electron chi connectivity index (χ3n) is 2.21. The maximum Gasteiger partial charge on any atom is 0.338 e. The summed E-state index contributed by atoms with van der Waals surface area (Å²) in [6, 6.07) is 4.89. The van der Waals surface area contributed by atoms with Crippen molar-refractivity contribution in [2.24, 2.45) is 5.73 Å². The van der Waals surface area contributed by atoms with E-state index in [1.807, 2.05) is 0 Å². The Balaban J connectivity index is 2.38. The summed E-state index contributed by atoms with van der Waals surface area (Å²) in [6.45, 7) is 0.262. The van der Waals surface area contributed by atoms with Crippen molar-refractivity contribution in [1.82, 2.24) is 0 Å². The molecule has 5 nitrogen and oxygen atoms in total. The fourth-order valence-electron chi connectivity index (χ4n) is 1.38. The Labute approximate surface area is 114 Å². The van der Waals surface area contributed by atoms with E-state index < -0.39 is 5.97 Å². The normalized spacial score (nSPS) is 10.1. The Morgan fingerprint density at radius 2 is 1.94 bits per heavy atom. The minimum absolute atomic E-state index is 0.262. The summed E-state index contributed by atoms with van der Waals surface area (Å²) < 4.78 is 5.78. The Morgan fingerprint density at radius 1 is 1.22 bits per heavy atom. The molecule has 0 atom stereocenters. The minimum Gasteiger partial charge on any atom is -0.462 e. The highest BCUT2D eigenvalue weighted by atomic mass is 79.9. The zero-order chi connectivity index (χ0) is 13.5. The lowest BCUT2D eigenvalue weighted by atomic mass is 10.2. The molecular formula is C12H15BrN2O3. The number of carbonyl (C=O) groups excluding carboxylic acids is 2. The SMILES string of the molecule is NC(=O)CCCCOC(=O)c1cc(N)cc(Br)c1. The van der Waals surface area contributed by atoms with Crippen molar-refractivity contribution >= 4 is 33.5 Å². The summed E-state index contributed by atoms with van der Waals surface area (Å²) in [6.07, 6.45) is 1.53. The van der Waals surface area contributed by atoms with Crippen LogP contribution in [0.1, 0.15) is 29.6 Å². The number of unbranched alkanes of at least 4 members (excludes halogenated alkanes) is 1. The van der Waals surface area contributed by atoms with Crippen LogP contribution < -0.4 is 11.5 Å². The first-order chi connectivity index (χ1) is 8.49.